The Balaban J connectivity index is 1.26. The highest BCUT2D eigenvalue weighted by Gasteiger charge is 2.30. The fraction of sp³-hybridized carbons (Fsp3) is 0.391. The molecule has 0 bridgehead atoms. The van der Waals surface area contributed by atoms with Crippen LogP contribution in [0.5, 0.6) is 0 Å². The Hall–Kier alpha value is -3.15. The lowest BCUT2D eigenvalue weighted by atomic mass is 10.1. The number of nitrogens with two attached hydrogens (primary N) is 1. The normalized spacial score (nSPS) is 19.8. The van der Waals surface area contributed by atoms with E-state index in [1.165, 1.54) is 6.33 Å². The molecule has 3 unspecified atom stereocenters. The SMILES string of the molecule is CCC[C@H](NOCc1ccccc1)C(=O)NP(=O)(O)OCC1C=CC(n2cnc3c(N)ncnc32)C1. The number of benzene rings is 1. The Labute approximate surface area is 208 Å². The van der Waals surface area contributed by atoms with Crippen LogP contribution in [0, 0.1) is 5.92 Å². The van der Waals surface area contributed by atoms with Gasteiger partial charge in [0.25, 0.3) is 0 Å². The summed E-state index contributed by atoms with van der Waals surface area (Å²) in [4.78, 5) is 40.8. The molecule has 0 aliphatic heterocycles. The van der Waals surface area contributed by atoms with E-state index in [0.717, 1.165) is 5.56 Å². The minimum atomic E-state index is -4.38. The molecule has 3 aromatic rings. The average Bonchev–Trinajstić information content (AvgIpc) is 3.50. The molecule has 13 heteroatoms. The van der Waals surface area contributed by atoms with Crippen LogP contribution < -0.4 is 16.3 Å². The summed E-state index contributed by atoms with van der Waals surface area (Å²) in [6.45, 7) is 2.11. The third-order valence-corrected chi connectivity index (χ3v) is 6.81. The predicted molar refractivity (Wildman–Crippen MR) is 133 cm³/mol. The van der Waals surface area contributed by atoms with Crippen LogP contribution in [0.15, 0.2) is 55.1 Å². The van der Waals surface area contributed by atoms with Crippen LogP contribution in [-0.4, -0.2) is 43.0 Å². The fourth-order valence-electron chi connectivity index (χ4n) is 3.97. The number of nitrogen functional groups attached to an aromatic ring is 1. The summed E-state index contributed by atoms with van der Waals surface area (Å²) >= 11 is 0. The first-order valence-electron chi connectivity index (χ1n) is 11.7. The van der Waals surface area contributed by atoms with Crippen molar-refractivity contribution in [1.82, 2.24) is 30.1 Å². The molecular weight excluding hydrogens is 485 g/mol. The molecule has 0 saturated carbocycles. The van der Waals surface area contributed by atoms with E-state index >= 15 is 0 Å². The van der Waals surface area contributed by atoms with Gasteiger partial charge in [-0.05, 0) is 18.4 Å². The van der Waals surface area contributed by atoms with Crippen molar-refractivity contribution >= 4 is 30.6 Å². The quantitative estimate of drug-likeness (QED) is 0.160. The second-order valence-electron chi connectivity index (χ2n) is 8.56. The summed E-state index contributed by atoms with van der Waals surface area (Å²) in [5, 5.41) is 2.12. The first kappa shape index (κ1) is 25.9. The van der Waals surface area contributed by atoms with Crippen molar-refractivity contribution in [3.05, 3.63) is 60.7 Å². The van der Waals surface area contributed by atoms with E-state index in [1.54, 1.807) is 6.33 Å². The number of amides is 1. The van der Waals surface area contributed by atoms with Gasteiger partial charge in [-0.1, -0.05) is 55.8 Å². The first-order chi connectivity index (χ1) is 17.4. The van der Waals surface area contributed by atoms with Gasteiger partial charge in [0.2, 0.25) is 5.91 Å². The van der Waals surface area contributed by atoms with Crippen molar-refractivity contribution in [2.75, 3.05) is 12.3 Å². The number of anilines is 1. The number of hydrogen-bond donors (Lipinski definition) is 4. The van der Waals surface area contributed by atoms with E-state index in [-0.39, 0.29) is 25.2 Å². The van der Waals surface area contributed by atoms with Crippen molar-refractivity contribution in [2.45, 2.75) is 44.9 Å². The molecule has 1 aliphatic carbocycles. The van der Waals surface area contributed by atoms with Gasteiger partial charge >= 0.3 is 7.75 Å². The van der Waals surface area contributed by atoms with Crippen molar-refractivity contribution in [3.63, 3.8) is 0 Å². The van der Waals surface area contributed by atoms with Crippen LogP contribution in [0.3, 0.4) is 0 Å². The van der Waals surface area contributed by atoms with Crippen LogP contribution in [0.2, 0.25) is 0 Å². The number of nitrogens with zero attached hydrogens (tertiary/aromatic N) is 4. The molecule has 12 nitrogen and oxygen atoms in total. The minimum Gasteiger partial charge on any atom is -0.382 e. The lowest BCUT2D eigenvalue weighted by molar-refractivity contribution is -0.126. The average molecular weight is 516 g/mol. The van der Waals surface area contributed by atoms with Gasteiger partial charge in [0.1, 0.15) is 17.9 Å². The van der Waals surface area contributed by atoms with Gasteiger partial charge in [-0.3, -0.25) is 19.2 Å². The van der Waals surface area contributed by atoms with E-state index in [0.29, 0.717) is 36.2 Å². The van der Waals surface area contributed by atoms with Crippen molar-refractivity contribution < 1.29 is 23.6 Å². The summed E-state index contributed by atoms with van der Waals surface area (Å²) in [7, 11) is -4.38. The molecule has 1 aliphatic rings. The number of hydroxylamine groups is 1. The number of imidazole rings is 1. The van der Waals surface area contributed by atoms with Crippen LogP contribution in [0.1, 0.15) is 37.8 Å². The van der Waals surface area contributed by atoms with Gasteiger partial charge in [-0.2, -0.15) is 5.48 Å². The minimum absolute atomic E-state index is 0.0405. The van der Waals surface area contributed by atoms with Gasteiger partial charge in [0, 0.05) is 5.92 Å². The van der Waals surface area contributed by atoms with Crippen molar-refractivity contribution in [2.24, 2.45) is 5.92 Å². The molecule has 192 valence electrons. The zero-order chi connectivity index (χ0) is 25.5. The van der Waals surface area contributed by atoms with Gasteiger partial charge in [0.15, 0.2) is 11.5 Å². The lowest BCUT2D eigenvalue weighted by Crippen LogP contribution is -2.43. The molecule has 2 heterocycles. The molecule has 1 aromatic carbocycles. The molecular formula is C23H30N7O5P. The largest absolute Gasteiger partial charge is 0.432 e. The summed E-state index contributed by atoms with van der Waals surface area (Å²) in [5.74, 6) is -0.501. The molecule has 36 heavy (non-hydrogen) atoms. The van der Waals surface area contributed by atoms with E-state index in [2.05, 4.69) is 25.5 Å². The Morgan fingerprint density at radius 3 is 2.86 bits per heavy atom. The number of allylic oxidation sites excluding steroid dienone is 1. The smallest absolute Gasteiger partial charge is 0.382 e. The number of hydrogen-bond acceptors (Lipinski definition) is 9. The van der Waals surface area contributed by atoms with E-state index in [4.69, 9.17) is 15.1 Å². The summed E-state index contributed by atoms with van der Waals surface area (Å²) in [5.41, 5.74) is 10.6. The monoisotopic (exact) mass is 515 g/mol. The molecule has 1 amide bonds. The summed E-state index contributed by atoms with van der Waals surface area (Å²) in [6, 6.07) is 8.60. The predicted octanol–water partition coefficient (Wildman–Crippen LogP) is 2.65. The lowest BCUT2D eigenvalue weighted by Gasteiger charge is -2.21. The fourth-order valence-corrected chi connectivity index (χ4v) is 4.87. The van der Waals surface area contributed by atoms with Gasteiger partial charge in [-0.15, -0.1) is 0 Å². The third kappa shape index (κ3) is 6.54. The summed E-state index contributed by atoms with van der Waals surface area (Å²) in [6.07, 6.45) is 8.59. The molecule has 5 N–H and O–H groups in total. The highest BCUT2D eigenvalue weighted by molar-refractivity contribution is 7.51. The van der Waals surface area contributed by atoms with Gasteiger partial charge in [-0.25, -0.2) is 19.5 Å². The van der Waals surface area contributed by atoms with Crippen molar-refractivity contribution in [3.8, 4) is 0 Å². The Morgan fingerprint density at radius 2 is 2.08 bits per heavy atom. The molecule has 0 spiro atoms. The molecule has 0 saturated heterocycles. The number of carbonyl (C=O) groups is 1. The molecule has 2 aromatic heterocycles. The van der Waals surface area contributed by atoms with Crippen molar-refractivity contribution in [1.29, 1.82) is 0 Å². The second kappa shape index (κ2) is 11.7. The van der Waals surface area contributed by atoms with E-state index < -0.39 is 19.7 Å². The Bertz CT molecular complexity index is 1250. The number of carbonyl (C=O) groups excluding carboxylic acids is 1. The molecule has 4 atom stereocenters. The number of rotatable bonds is 12. The number of aromatic nitrogens is 4. The molecule has 0 radical (unpaired) electrons. The number of fused-ring (bicyclic) bond motifs is 1. The number of nitrogens with one attached hydrogen (secondary N) is 2. The maximum Gasteiger partial charge on any atom is 0.432 e. The van der Waals surface area contributed by atoms with E-state index in [9.17, 15) is 14.3 Å². The second-order valence-corrected chi connectivity index (χ2v) is 10.1. The van der Waals surface area contributed by atoms with Crippen LogP contribution in [0.4, 0.5) is 5.82 Å². The third-order valence-electron chi connectivity index (χ3n) is 5.81. The maximum absolute atomic E-state index is 12.6. The molecule has 0 fully saturated rings. The topological polar surface area (TPSA) is 167 Å². The van der Waals surface area contributed by atoms with Crippen LogP contribution in [-0.2, 0) is 25.3 Å². The van der Waals surface area contributed by atoms with Gasteiger partial charge in [0.05, 0.1) is 25.6 Å². The summed E-state index contributed by atoms with van der Waals surface area (Å²) < 4.78 is 19.7. The zero-order valence-electron chi connectivity index (χ0n) is 19.9. The zero-order valence-corrected chi connectivity index (χ0v) is 20.8. The first-order valence-corrected chi connectivity index (χ1v) is 13.3. The van der Waals surface area contributed by atoms with Crippen LogP contribution in [0.25, 0.3) is 11.2 Å². The van der Waals surface area contributed by atoms with Crippen LogP contribution >= 0.6 is 7.75 Å². The highest BCUT2D eigenvalue weighted by Crippen LogP contribution is 2.39. The maximum atomic E-state index is 12.6. The van der Waals surface area contributed by atoms with Gasteiger partial charge < -0.3 is 15.2 Å². The Morgan fingerprint density at radius 1 is 1.28 bits per heavy atom. The molecule has 4 rings (SSSR count). The Kier molecular flexibility index (Phi) is 8.44. The van der Waals surface area contributed by atoms with E-state index in [1.807, 2.05) is 54.0 Å². The standard InChI is InChI=1S/C23H30N7O5P/c1-2-6-19(28-34-12-16-7-4-3-5-8-16)23(31)29-36(32,33)35-13-17-9-10-18(11-17)30-15-27-20-21(24)25-14-26-22(20)30/h3-5,7-10,14-15,17-19,28H,2,6,11-13H2,1H3,(H2,24,25,26)(H2,29,31,32,33)/t17?,18?,19-/m0/s1. The highest BCUT2D eigenvalue weighted by atomic mass is 31.2.